The van der Waals surface area contributed by atoms with Crippen LogP contribution < -0.4 is 14.8 Å². The summed E-state index contributed by atoms with van der Waals surface area (Å²) in [4.78, 5) is 15.1. The third-order valence-corrected chi connectivity index (χ3v) is 5.18. The normalized spacial score (nSPS) is 20.7. The number of nitrogens with zero attached hydrogens (tertiary/aromatic N) is 1. The van der Waals surface area contributed by atoms with Crippen molar-refractivity contribution in [2.24, 2.45) is 0 Å². The Morgan fingerprint density at radius 2 is 1.96 bits per heavy atom. The molecule has 1 heterocycles. The summed E-state index contributed by atoms with van der Waals surface area (Å²) in [6.07, 6.45) is 1.21. The molecule has 1 aliphatic heterocycles. The Morgan fingerprint density at radius 1 is 1.32 bits per heavy atom. The van der Waals surface area contributed by atoms with Crippen molar-refractivity contribution in [3.05, 3.63) is 22.7 Å². The molecule has 158 valence electrons. The fourth-order valence-electron chi connectivity index (χ4n) is 3.38. The lowest BCUT2D eigenvalue weighted by Gasteiger charge is -2.45. The van der Waals surface area contributed by atoms with E-state index in [0.29, 0.717) is 35.2 Å². The second-order valence-electron chi connectivity index (χ2n) is 8.00. The molecule has 1 fully saturated rings. The molecule has 2 rings (SSSR count). The van der Waals surface area contributed by atoms with E-state index in [4.69, 9.17) is 25.8 Å². The van der Waals surface area contributed by atoms with E-state index in [-0.39, 0.29) is 23.7 Å². The van der Waals surface area contributed by atoms with E-state index in [1.165, 1.54) is 7.11 Å². The summed E-state index contributed by atoms with van der Waals surface area (Å²) in [5.41, 5.74) is 0.255. The van der Waals surface area contributed by atoms with E-state index in [1.54, 1.807) is 12.1 Å². The molecular weight excluding hydrogens is 380 g/mol. The maximum absolute atomic E-state index is 12.7. The first-order valence-corrected chi connectivity index (χ1v) is 10.2. The van der Waals surface area contributed by atoms with Crippen molar-refractivity contribution in [3.63, 3.8) is 0 Å². The molecule has 0 aromatic heterocycles. The molecule has 1 aromatic carbocycles. The van der Waals surface area contributed by atoms with Crippen molar-refractivity contribution in [1.82, 2.24) is 10.2 Å². The molecule has 1 aliphatic rings. The van der Waals surface area contributed by atoms with Crippen LogP contribution in [0.3, 0.4) is 0 Å². The number of hydrogen-bond donors (Lipinski definition) is 1. The molecule has 0 radical (unpaired) electrons. The van der Waals surface area contributed by atoms with Crippen LogP contribution in [0.25, 0.3) is 0 Å². The number of benzene rings is 1. The Balaban J connectivity index is 2.06. The SMILES string of the molecule is CCCOc1c(Cl)cc(C(=O)NCC(C)(C)N2C[C@@H](C)O[C@@H](C)C2)cc1OC. The van der Waals surface area contributed by atoms with Crippen molar-refractivity contribution < 1.29 is 19.0 Å². The summed E-state index contributed by atoms with van der Waals surface area (Å²) >= 11 is 6.33. The summed E-state index contributed by atoms with van der Waals surface area (Å²) in [6.45, 7) is 13.2. The molecule has 7 heteroatoms. The molecule has 28 heavy (non-hydrogen) atoms. The van der Waals surface area contributed by atoms with E-state index in [2.05, 4.69) is 37.9 Å². The largest absolute Gasteiger partial charge is 0.493 e. The third-order valence-electron chi connectivity index (χ3n) is 4.90. The summed E-state index contributed by atoms with van der Waals surface area (Å²) in [6, 6.07) is 3.29. The van der Waals surface area contributed by atoms with Gasteiger partial charge in [0.2, 0.25) is 0 Å². The highest BCUT2D eigenvalue weighted by Crippen LogP contribution is 2.36. The fourth-order valence-corrected chi connectivity index (χ4v) is 3.64. The molecule has 1 N–H and O–H groups in total. The van der Waals surface area contributed by atoms with Gasteiger partial charge in [0.25, 0.3) is 5.91 Å². The molecule has 1 aromatic rings. The van der Waals surface area contributed by atoms with Crippen molar-refractivity contribution in [2.75, 3.05) is 33.4 Å². The van der Waals surface area contributed by atoms with Gasteiger partial charge in [0.15, 0.2) is 11.5 Å². The second-order valence-corrected chi connectivity index (χ2v) is 8.40. The lowest BCUT2D eigenvalue weighted by Crippen LogP contribution is -2.58. The minimum absolute atomic E-state index is 0.178. The number of halogens is 1. The number of methoxy groups -OCH3 is 1. The molecule has 6 nitrogen and oxygen atoms in total. The van der Waals surface area contributed by atoms with Gasteiger partial charge in [-0.25, -0.2) is 0 Å². The Bertz CT molecular complexity index is 671. The van der Waals surface area contributed by atoms with Crippen LogP contribution in [0.2, 0.25) is 5.02 Å². The van der Waals surface area contributed by atoms with Crippen molar-refractivity contribution in [1.29, 1.82) is 0 Å². The zero-order valence-corrected chi connectivity index (χ0v) is 18.6. The molecule has 0 saturated carbocycles. The third kappa shape index (κ3) is 5.75. The van der Waals surface area contributed by atoms with Crippen LogP contribution in [0.15, 0.2) is 12.1 Å². The fraction of sp³-hybridized carbons (Fsp3) is 0.667. The van der Waals surface area contributed by atoms with Crippen LogP contribution in [0.5, 0.6) is 11.5 Å². The molecule has 1 saturated heterocycles. The van der Waals surface area contributed by atoms with Gasteiger partial charge in [0.05, 0.1) is 30.9 Å². The first-order chi connectivity index (χ1) is 13.2. The predicted molar refractivity (Wildman–Crippen MR) is 112 cm³/mol. The van der Waals surface area contributed by atoms with Gasteiger partial charge in [-0.1, -0.05) is 18.5 Å². The number of morpholine rings is 1. The smallest absolute Gasteiger partial charge is 0.251 e. The van der Waals surface area contributed by atoms with E-state index in [0.717, 1.165) is 19.5 Å². The van der Waals surface area contributed by atoms with E-state index < -0.39 is 0 Å². The highest BCUT2D eigenvalue weighted by molar-refractivity contribution is 6.32. The van der Waals surface area contributed by atoms with Crippen molar-refractivity contribution in [2.45, 2.75) is 58.8 Å². The lowest BCUT2D eigenvalue weighted by molar-refractivity contribution is -0.0948. The van der Waals surface area contributed by atoms with Crippen molar-refractivity contribution >= 4 is 17.5 Å². The van der Waals surface area contributed by atoms with E-state index >= 15 is 0 Å². The average molecular weight is 413 g/mol. The van der Waals surface area contributed by atoms with Crippen LogP contribution in [0.1, 0.15) is 51.4 Å². The molecule has 1 amide bonds. The van der Waals surface area contributed by atoms with E-state index in [9.17, 15) is 4.79 Å². The Morgan fingerprint density at radius 3 is 2.54 bits per heavy atom. The summed E-state index contributed by atoms with van der Waals surface area (Å²) < 4.78 is 16.8. The Kier molecular flexibility index (Phi) is 7.98. The summed E-state index contributed by atoms with van der Waals surface area (Å²) in [7, 11) is 1.54. The maximum atomic E-state index is 12.7. The van der Waals surface area contributed by atoms with Crippen LogP contribution >= 0.6 is 11.6 Å². The molecule has 0 spiro atoms. The number of amides is 1. The minimum Gasteiger partial charge on any atom is -0.493 e. The van der Waals surface area contributed by atoms with Gasteiger partial charge in [-0.05, 0) is 46.2 Å². The van der Waals surface area contributed by atoms with Gasteiger partial charge in [0.1, 0.15) is 0 Å². The van der Waals surface area contributed by atoms with Crippen LogP contribution in [-0.2, 0) is 4.74 Å². The van der Waals surface area contributed by atoms with Gasteiger partial charge in [-0.2, -0.15) is 0 Å². The van der Waals surface area contributed by atoms with Crippen LogP contribution in [0, 0.1) is 0 Å². The Hall–Kier alpha value is -1.50. The zero-order valence-electron chi connectivity index (χ0n) is 17.8. The number of carbonyl (C=O) groups excluding carboxylic acids is 1. The molecular formula is C21H33ClN2O4. The van der Waals surface area contributed by atoms with E-state index in [1.807, 2.05) is 6.92 Å². The van der Waals surface area contributed by atoms with Gasteiger partial charge in [-0.15, -0.1) is 0 Å². The highest BCUT2D eigenvalue weighted by atomic mass is 35.5. The molecule has 0 aliphatic carbocycles. The molecule has 0 bridgehead atoms. The lowest BCUT2D eigenvalue weighted by atomic mass is 10.00. The molecule has 0 unspecified atom stereocenters. The predicted octanol–water partition coefficient (Wildman–Crippen LogP) is 3.76. The first-order valence-electron chi connectivity index (χ1n) is 9.87. The number of nitrogens with one attached hydrogen (secondary N) is 1. The highest BCUT2D eigenvalue weighted by Gasteiger charge is 2.33. The minimum atomic E-state index is -0.194. The maximum Gasteiger partial charge on any atom is 0.251 e. The second kappa shape index (κ2) is 9.81. The van der Waals surface area contributed by atoms with Gasteiger partial charge < -0.3 is 19.5 Å². The number of rotatable bonds is 8. The quantitative estimate of drug-likeness (QED) is 0.704. The van der Waals surface area contributed by atoms with Crippen molar-refractivity contribution in [3.8, 4) is 11.5 Å². The topological polar surface area (TPSA) is 60.0 Å². The van der Waals surface area contributed by atoms with Crippen LogP contribution in [0.4, 0.5) is 0 Å². The molecule has 2 atom stereocenters. The van der Waals surface area contributed by atoms with Gasteiger partial charge in [0, 0.05) is 30.7 Å². The summed E-state index contributed by atoms with van der Waals surface area (Å²) in [5, 5.41) is 3.40. The van der Waals surface area contributed by atoms with Crippen LogP contribution in [-0.4, -0.2) is 61.9 Å². The monoisotopic (exact) mass is 412 g/mol. The first kappa shape index (κ1) is 22.8. The standard InChI is InChI=1S/C21H33ClN2O4/c1-7-8-27-19-17(22)9-16(10-18(19)26-6)20(25)23-13-21(4,5)24-11-14(2)28-15(3)12-24/h9-10,14-15H,7-8,11-13H2,1-6H3,(H,23,25)/t14-,15+. The average Bonchev–Trinajstić information content (AvgIpc) is 2.63. The summed E-state index contributed by atoms with van der Waals surface area (Å²) in [5.74, 6) is 0.741. The number of hydrogen-bond acceptors (Lipinski definition) is 5. The zero-order chi connectivity index (χ0) is 20.9. The Labute approximate surface area is 173 Å². The number of carbonyl (C=O) groups is 1. The van der Waals surface area contributed by atoms with Gasteiger partial charge in [-0.3, -0.25) is 9.69 Å². The van der Waals surface area contributed by atoms with Gasteiger partial charge >= 0.3 is 0 Å². The number of ether oxygens (including phenoxy) is 3.